The Morgan fingerprint density at radius 1 is 1.54 bits per heavy atom. The lowest BCUT2D eigenvalue weighted by Gasteiger charge is -2.42. The average molecular weight is 183 g/mol. The summed E-state index contributed by atoms with van der Waals surface area (Å²) in [4.78, 5) is 11.6. The fourth-order valence-corrected chi connectivity index (χ4v) is 1.94. The van der Waals surface area contributed by atoms with E-state index in [4.69, 9.17) is 5.73 Å². The lowest BCUT2D eigenvalue weighted by Crippen LogP contribution is -2.49. The highest BCUT2D eigenvalue weighted by Crippen LogP contribution is 2.43. The summed E-state index contributed by atoms with van der Waals surface area (Å²) in [5.41, 5.74) is 6.08. The standard InChI is InChI=1S/C11H21NO/c1-3-4-6-9(13)10(12)11(2)7-5-8-11/h10H,3-8,12H2,1-2H3. The predicted molar refractivity (Wildman–Crippen MR) is 54.5 cm³/mol. The molecule has 0 aromatic carbocycles. The van der Waals surface area contributed by atoms with Gasteiger partial charge in [-0.2, -0.15) is 0 Å². The SMILES string of the molecule is CCCCC(=O)C(N)C1(C)CCC1. The van der Waals surface area contributed by atoms with Crippen LogP contribution in [0.1, 0.15) is 52.4 Å². The summed E-state index contributed by atoms with van der Waals surface area (Å²) in [5.74, 6) is 0.268. The van der Waals surface area contributed by atoms with Crippen LogP contribution in [0.15, 0.2) is 0 Å². The Bertz CT molecular complexity index is 185. The molecule has 1 rings (SSSR count). The molecule has 1 atom stereocenters. The molecule has 0 saturated heterocycles. The topological polar surface area (TPSA) is 43.1 Å². The average Bonchev–Trinajstić information content (AvgIpc) is 2.09. The molecule has 0 aromatic rings. The Kier molecular flexibility index (Phi) is 3.48. The first kappa shape index (κ1) is 10.7. The van der Waals surface area contributed by atoms with Gasteiger partial charge in [0.05, 0.1) is 6.04 Å². The summed E-state index contributed by atoms with van der Waals surface area (Å²) < 4.78 is 0. The number of Topliss-reactive ketones (excluding diaryl/α,β-unsaturated/α-hetero) is 1. The number of carbonyl (C=O) groups excluding carboxylic acids is 1. The Labute approximate surface area is 80.9 Å². The van der Waals surface area contributed by atoms with Gasteiger partial charge in [0.1, 0.15) is 5.78 Å². The second kappa shape index (κ2) is 4.23. The monoisotopic (exact) mass is 183 g/mol. The van der Waals surface area contributed by atoms with Crippen molar-refractivity contribution in [3.05, 3.63) is 0 Å². The molecule has 1 saturated carbocycles. The maximum atomic E-state index is 11.6. The molecule has 1 fully saturated rings. The van der Waals surface area contributed by atoms with Gasteiger partial charge >= 0.3 is 0 Å². The first-order valence-corrected chi connectivity index (χ1v) is 5.38. The molecule has 76 valence electrons. The lowest BCUT2D eigenvalue weighted by molar-refractivity contribution is -0.124. The summed E-state index contributed by atoms with van der Waals surface area (Å²) in [6, 6.07) is -0.201. The molecule has 0 heterocycles. The first-order chi connectivity index (χ1) is 6.10. The van der Waals surface area contributed by atoms with Crippen molar-refractivity contribution in [2.45, 2.75) is 58.4 Å². The number of hydrogen-bond donors (Lipinski definition) is 1. The molecule has 0 amide bonds. The van der Waals surface area contributed by atoms with Crippen LogP contribution in [-0.2, 0) is 4.79 Å². The van der Waals surface area contributed by atoms with E-state index in [2.05, 4.69) is 13.8 Å². The van der Waals surface area contributed by atoms with E-state index in [1.165, 1.54) is 6.42 Å². The molecular formula is C11H21NO. The summed E-state index contributed by atoms with van der Waals surface area (Å²) in [5, 5.41) is 0. The van der Waals surface area contributed by atoms with Gasteiger partial charge in [-0.1, -0.05) is 26.7 Å². The van der Waals surface area contributed by atoms with Crippen LogP contribution in [0, 0.1) is 5.41 Å². The Hall–Kier alpha value is -0.370. The van der Waals surface area contributed by atoms with Crippen molar-refractivity contribution in [3.63, 3.8) is 0 Å². The van der Waals surface area contributed by atoms with Crippen molar-refractivity contribution in [2.75, 3.05) is 0 Å². The smallest absolute Gasteiger partial charge is 0.150 e. The molecule has 0 aliphatic heterocycles. The summed E-state index contributed by atoms with van der Waals surface area (Å²) in [7, 11) is 0. The van der Waals surface area contributed by atoms with Crippen LogP contribution in [0.25, 0.3) is 0 Å². The molecule has 2 nitrogen and oxygen atoms in total. The molecule has 0 radical (unpaired) electrons. The number of carbonyl (C=O) groups is 1. The van der Waals surface area contributed by atoms with Gasteiger partial charge in [-0.3, -0.25) is 4.79 Å². The maximum Gasteiger partial charge on any atom is 0.150 e. The van der Waals surface area contributed by atoms with E-state index in [1.807, 2.05) is 0 Å². The van der Waals surface area contributed by atoms with Crippen molar-refractivity contribution in [2.24, 2.45) is 11.1 Å². The zero-order chi connectivity index (χ0) is 9.90. The van der Waals surface area contributed by atoms with E-state index in [-0.39, 0.29) is 17.2 Å². The first-order valence-electron chi connectivity index (χ1n) is 5.38. The van der Waals surface area contributed by atoms with Crippen LogP contribution in [-0.4, -0.2) is 11.8 Å². The number of ketones is 1. The quantitative estimate of drug-likeness (QED) is 0.710. The van der Waals surface area contributed by atoms with Crippen molar-refractivity contribution < 1.29 is 4.79 Å². The van der Waals surface area contributed by atoms with Gasteiger partial charge in [0.15, 0.2) is 0 Å². The Morgan fingerprint density at radius 3 is 2.54 bits per heavy atom. The van der Waals surface area contributed by atoms with Gasteiger partial charge in [0, 0.05) is 6.42 Å². The highest BCUT2D eigenvalue weighted by atomic mass is 16.1. The third-order valence-electron chi connectivity index (χ3n) is 3.37. The zero-order valence-electron chi connectivity index (χ0n) is 8.81. The van der Waals surface area contributed by atoms with Gasteiger partial charge in [-0.25, -0.2) is 0 Å². The van der Waals surface area contributed by atoms with Crippen molar-refractivity contribution in [1.29, 1.82) is 0 Å². The maximum absolute atomic E-state index is 11.6. The van der Waals surface area contributed by atoms with Crippen LogP contribution in [0.2, 0.25) is 0 Å². The molecule has 1 unspecified atom stereocenters. The van der Waals surface area contributed by atoms with Gasteiger partial charge < -0.3 is 5.73 Å². The largest absolute Gasteiger partial charge is 0.321 e. The van der Waals surface area contributed by atoms with Crippen LogP contribution in [0.3, 0.4) is 0 Å². The van der Waals surface area contributed by atoms with Gasteiger partial charge in [0.25, 0.3) is 0 Å². The summed E-state index contributed by atoms with van der Waals surface area (Å²) >= 11 is 0. The number of hydrogen-bond acceptors (Lipinski definition) is 2. The Morgan fingerprint density at radius 2 is 2.15 bits per heavy atom. The second-order valence-electron chi connectivity index (χ2n) is 4.56. The molecule has 2 N–H and O–H groups in total. The van der Waals surface area contributed by atoms with E-state index in [0.717, 1.165) is 25.7 Å². The fraction of sp³-hybridized carbons (Fsp3) is 0.909. The van der Waals surface area contributed by atoms with Crippen LogP contribution in [0.4, 0.5) is 0 Å². The number of unbranched alkanes of at least 4 members (excludes halogenated alkanes) is 1. The highest BCUT2D eigenvalue weighted by molar-refractivity contribution is 5.84. The molecule has 1 aliphatic rings. The number of rotatable bonds is 5. The van der Waals surface area contributed by atoms with E-state index < -0.39 is 0 Å². The minimum absolute atomic E-state index is 0.130. The van der Waals surface area contributed by atoms with Gasteiger partial charge in [-0.15, -0.1) is 0 Å². The molecule has 13 heavy (non-hydrogen) atoms. The van der Waals surface area contributed by atoms with Crippen molar-refractivity contribution in [1.82, 2.24) is 0 Å². The van der Waals surface area contributed by atoms with Crippen molar-refractivity contribution in [3.8, 4) is 0 Å². The number of nitrogens with two attached hydrogens (primary N) is 1. The van der Waals surface area contributed by atoms with E-state index in [0.29, 0.717) is 6.42 Å². The lowest BCUT2D eigenvalue weighted by atomic mass is 9.64. The van der Waals surface area contributed by atoms with Crippen molar-refractivity contribution >= 4 is 5.78 Å². The summed E-state index contributed by atoms with van der Waals surface area (Å²) in [6.45, 7) is 4.24. The second-order valence-corrected chi connectivity index (χ2v) is 4.56. The molecule has 2 heteroatoms. The van der Waals surface area contributed by atoms with Gasteiger partial charge in [-0.05, 0) is 24.7 Å². The van der Waals surface area contributed by atoms with E-state index in [1.54, 1.807) is 0 Å². The van der Waals surface area contributed by atoms with Crippen LogP contribution in [0.5, 0.6) is 0 Å². The minimum atomic E-state index is -0.201. The third kappa shape index (κ3) is 2.31. The molecular weight excluding hydrogens is 162 g/mol. The third-order valence-corrected chi connectivity index (χ3v) is 3.37. The highest BCUT2D eigenvalue weighted by Gasteiger charge is 2.40. The van der Waals surface area contributed by atoms with Gasteiger partial charge in [0.2, 0.25) is 0 Å². The van der Waals surface area contributed by atoms with Crippen LogP contribution < -0.4 is 5.73 Å². The van der Waals surface area contributed by atoms with Crippen LogP contribution >= 0.6 is 0 Å². The van der Waals surface area contributed by atoms with E-state index in [9.17, 15) is 4.79 Å². The molecule has 0 spiro atoms. The molecule has 0 bridgehead atoms. The molecule has 0 aromatic heterocycles. The molecule has 1 aliphatic carbocycles. The van der Waals surface area contributed by atoms with E-state index >= 15 is 0 Å². The fourth-order valence-electron chi connectivity index (χ4n) is 1.94. The predicted octanol–water partition coefficient (Wildman–Crippen LogP) is 2.26. The summed E-state index contributed by atoms with van der Waals surface area (Å²) in [6.07, 6.45) is 6.24. The Balaban J connectivity index is 2.37. The minimum Gasteiger partial charge on any atom is -0.321 e. The zero-order valence-corrected chi connectivity index (χ0v) is 8.81. The normalized spacial score (nSPS) is 22.1.